The number of carbonyl (C=O) groups excluding carboxylic acids is 1. The van der Waals surface area contributed by atoms with Crippen molar-refractivity contribution in [2.45, 2.75) is 6.42 Å². The first-order chi connectivity index (χ1) is 12.2. The predicted octanol–water partition coefficient (Wildman–Crippen LogP) is 4.43. The van der Waals surface area contributed by atoms with Crippen molar-refractivity contribution in [1.29, 1.82) is 0 Å². The highest BCUT2D eigenvalue weighted by Crippen LogP contribution is 2.21. The molecule has 1 N–H and O–H groups in total. The summed E-state index contributed by atoms with van der Waals surface area (Å²) in [6.07, 6.45) is 0.714. The molecule has 0 aliphatic carbocycles. The topological polar surface area (TPSA) is 38.3 Å². The Morgan fingerprint density at radius 1 is 0.880 bits per heavy atom. The lowest BCUT2D eigenvalue weighted by Crippen LogP contribution is -2.21. The lowest BCUT2D eigenvalue weighted by Gasteiger charge is -2.12. The van der Waals surface area contributed by atoms with Crippen LogP contribution in [0.25, 0.3) is 0 Å². The summed E-state index contributed by atoms with van der Waals surface area (Å²) in [4.78, 5) is 12.0. The Balaban J connectivity index is 1.63. The minimum absolute atomic E-state index is 0.147. The van der Waals surface area contributed by atoms with Gasteiger partial charge in [-0.3, -0.25) is 4.79 Å². The predicted molar refractivity (Wildman–Crippen MR) is 96.2 cm³/mol. The fraction of sp³-hybridized carbons (Fsp3) is 0.0952. The summed E-state index contributed by atoms with van der Waals surface area (Å²) in [6, 6.07) is 23.7. The zero-order valence-corrected chi connectivity index (χ0v) is 13.6. The van der Waals surface area contributed by atoms with Gasteiger partial charge in [0.1, 0.15) is 11.6 Å². The molecule has 0 aliphatic heterocycles. The van der Waals surface area contributed by atoms with E-state index in [0.29, 0.717) is 12.2 Å². The van der Waals surface area contributed by atoms with Gasteiger partial charge in [-0.05, 0) is 29.3 Å². The van der Waals surface area contributed by atoms with Crippen molar-refractivity contribution in [3.63, 3.8) is 0 Å². The average molecular weight is 335 g/mol. The molecule has 126 valence electrons. The van der Waals surface area contributed by atoms with Gasteiger partial charge in [-0.2, -0.15) is 0 Å². The monoisotopic (exact) mass is 335 g/mol. The highest BCUT2D eigenvalue weighted by atomic mass is 19.1. The molecule has 0 bridgehead atoms. The van der Waals surface area contributed by atoms with Crippen LogP contribution in [0, 0.1) is 5.82 Å². The Hall–Kier alpha value is -3.14. The van der Waals surface area contributed by atoms with E-state index in [9.17, 15) is 9.18 Å². The molecule has 3 rings (SSSR count). The smallest absolute Gasteiger partial charge is 0.262 e. The average Bonchev–Trinajstić information content (AvgIpc) is 2.64. The van der Waals surface area contributed by atoms with Crippen LogP contribution >= 0.6 is 0 Å². The van der Waals surface area contributed by atoms with Gasteiger partial charge in [0.2, 0.25) is 0 Å². The first-order valence-electron chi connectivity index (χ1n) is 8.01. The van der Waals surface area contributed by atoms with Crippen molar-refractivity contribution in [1.82, 2.24) is 0 Å². The van der Waals surface area contributed by atoms with Gasteiger partial charge in [0.15, 0.2) is 6.61 Å². The number of nitrogens with one attached hydrogen (secondary N) is 1. The van der Waals surface area contributed by atoms with Crippen molar-refractivity contribution >= 4 is 11.6 Å². The molecule has 0 saturated heterocycles. The van der Waals surface area contributed by atoms with Crippen LogP contribution in [-0.2, 0) is 11.2 Å². The van der Waals surface area contributed by atoms with E-state index in [1.165, 1.54) is 12.1 Å². The van der Waals surface area contributed by atoms with Gasteiger partial charge >= 0.3 is 0 Å². The summed E-state index contributed by atoms with van der Waals surface area (Å²) in [5.74, 6) is -0.227. The van der Waals surface area contributed by atoms with E-state index in [1.54, 1.807) is 12.1 Å². The lowest BCUT2D eigenvalue weighted by molar-refractivity contribution is -0.118. The number of hydrogen-bond donors (Lipinski definition) is 1. The maximum absolute atomic E-state index is 13.6. The molecule has 0 radical (unpaired) electrons. The normalized spacial score (nSPS) is 10.3. The number of rotatable bonds is 6. The van der Waals surface area contributed by atoms with Gasteiger partial charge in [-0.25, -0.2) is 4.39 Å². The molecule has 3 aromatic rings. The summed E-state index contributed by atoms with van der Waals surface area (Å²) in [5.41, 5.74) is 2.30. The van der Waals surface area contributed by atoms with Crippen molar-refractivity contribution < 1.29 is 13.9 Å². The Morgan fingerprint density at radius 2 is 1.56 bits per heavy atom. The second kappa shape index (κ2) is 8.11. The standard InChI is InChI=1S/C21H18FNO2/c22-18-11-5-6-12-19(18)23-21(24)15-25-20-13-7-4-10-17(20)14-16-8-2-1-3-9-16/h1-13H,14-15H2,(H,23,24). The second-order valence-electron chi connectivity index (χ2n) is 5.59. The van der Waals surface area contributed by atoms with Crippen LogP contribution in [0.4, 0.5) is 10.1 Å². The molecule has 4 heteroatoms. The maximum atomic E-state index is 13.6. The van der Waals surface area contributed by atoms with Crippen LogP contribution < -0.4 is 10.1 Å². The van der Waals surface area contributed by atoms with Gasteiger partial charge in [0.05, 0.1) is 5.69 Å². The van der Waals surface area contributed by atoms with E-state index in [0.717, 1.165) is 11.1 Å². The SMILES string of the molecule is O=C(COc1ccccc1Cc1ccccc1)Nc1ccccc1F. The molecule has 0 aromatic heterocycles. The number of hydrogen-bond acceptors (Lipinski definition) is 2. The highest BCUT2D eigenvalue weighted by Gasteiger charge is 2.09. The molecule has 0 unspecified atom stereocenters. The Kier molecular flexibility index (Phi) is 5.42. The van der Waals surface area contributed by atoms with E-state index in [-0.39, 0.29) is 12.3 Å². The molecule has 0 atom stereocenters. The lowest BCUT2D eigenvalue weighted by atomic mass is 10.0. The van der Waals surface area contributed by atoms with Crippen LogP contribution in [0.2, 0.25) is 0 Å². The fourth-order valence-corrected chi connectivity index (χ4v) is 2.50. The molecule has 3 nitrogen and oxygen atoms in total. The van der Waals surface area contributed by atoms with Crippen LogP contribution in [0.3, 0.4) is 0 Å². The van der Waals surface area contributed by atoms with E-state index < -0.39 is 11.7 Å². The number of amides is 1. The van der Waals surface area contributed by atoms with Crippen LogP contribution in [-0.4, -0.2) is 12.5 Å². The number of halogens is 1. The highest BCUT2D eigenvalue weighted by molar-refractivity contribution is 5.92. The van der Waals surface area contributed by atoms with Gasteiger partial charge in [0.25, 0.3) is 5.91 Å². The Bertz CT molecular complexity index is 849. The molecule has 3 aromatic carbocycles. The third kappa shape index (κ3) is 4.67. The third-order valence-electron chi connectivity index (χ3n) is 3.72. The summed E-state index contributed by atoms with van der Waals surface area (Å²) >= 11 is 0. The van der Waals surface area contributed by atoms with Crippen molar-refractivity contribution in [3.05, 3.63) is 95.8 Å². The van der Waals surface area contributed by atoms with Crippen molar-refractivity contribution in [2.75, 3.05) is 11.9 Å². The summed E-state index contributed by atoms with van der Waals surface area (Å²) in [5, 5.41) is 2.51. The zero-order chi connectivity index (χ0) is 17.5. The van der Waals surface area contributed by atoms with Gasteiger partial charge in [-0.1, -0.05) is 60.7 Å². The van der Waals surface area contributed by atoms with Gasteiger partial charge < -0.3 is 10.1 Å². The summed E-state index contributed by atoms with van der Waals surface area (Å²) < 4.78 is 19.2. The largest absolute Gasteiger partial charge is 0.483 e. The van der Waals surface area contributed by atoms with Gasteiger partial charge in [-0.15, -0.1) is 0 Å². The Morgan fingerprint density at radius 3 is 2.36 bits per heavy atom. The number of carbonyl (C=O) groups is 1. The minimum Gasteiger partial charge on any atom is -0.483 e. The van der Waals surface area contributed by atoms with Crippen LogP contribution in [0.5, 0.6) is 5.75 Å². The molecule has 0 fully saturated rings. The molecule has 0 saturated carbocycles. The van der Waals surface area contributed by atoms with E-state index in [4.69, 9.17) is 4.74 Å². The first-order valence-corrected chi connectivity index (χ1v) is 8.01. The molecule has 25 heavy (non-hydrogen) atoms. The van der Waals surface area contributed by atoms with Crippen molar-refractivity contribution in [2.24, 2.45) is 0 Å². The quantitative estimate of drug-likeness (QED) is 0.723. The third-order valence-corrected chi connectivity index (χ3v) is 3.72. The van der Waals surface area contributed by atoms with Crippen LogP contribution in [0.1, 0.15) is 11.1 Å². The number of ether oxygens (including phenoxy) is 1. The van der Waals surface area contributed by atoms with E-state index >= 15 is 0 Å². The molecular formula is C21H18FNO2. The fourth-order valence-electron chi connectivity index (χ4n) is 2.50. The first kappa shape index (κ1) is 16.7. The number of benzene rings is 3. The van der Waals surface area contributed by atoms with Gasteiger partial charge in [0, 0.05) is 6.42 Å². The van der Waals surface area contributed by atoms with E-state index in [2.05, 4.69) is 5.32 Å². The maximum Gasteiger partial charge on any atom is 0.262 e. The van der Waals surface area contributed by atoms with E-state index in [1.807, 2.05) is 54.6 Å². The minimum atomic E-state index is -0.472. The number of anilines is 1. The van der Waals surface area contributed by atoms with Crippen LogP contribution in [0.15, 0.2) is 78.9 Å². The molecule has 1 amide bonds. The summed E-state index contributed by atoms with van der Waals surface area (Å²) in [6.45, 7) is -0.180. The zero-order valence-electron chi connectivity index (χ0n) is 13.6. The second-order valence-corrected chi connectivity index (χ2v) is 5.59. The Labute approximate surface area is 146 Å². The molecule has 0 aliphatic rings. The summed E-state index contributed by atoms with van der Waals surface area (Å²) in [7, 11) is 0. The van der Waals surface area contributed by atoms with Crippen molar-refractivity contribution in [3.8, 4) is 5.75 Å². The number of para-hydroxylation sites is 2. The molecular weight excluding hydrogens is 317 g/mol. The molecule has 0 heterocycles. The molecule has 0 spiro atoms.